The number of phenols is 1. The van der Waals surface area contributed by atoms with E-state index in [0.29, 0.717) is 6.61 Å². The van der Waals surface area contributed by atoms with Crippen LogP contribution in [0.4, 0.5) is 0 Å². The SMILES string of the molecule is Oc1ccc(OCc2ccco2)c2ccccc12. The van der Waals surface area contributed by atoms with Crippen LogP contribution in [0.5, 0.6) is 11.5 Å². The van der Waals surface area contributed by atoms with Crippen LogP contribution in [0, 0.1) is 0 Å². The van der Waals surface area contributed by atoms with Crippen LogP contribution in [0.2, 0.25) is 0 Å². The Labute approximate surface area is 104 Å². The third-order valence-electron chi connectivity index (χ3n) is 2.81. The fourth-order valence-corrected chi connectivity index (χ4v) is 1.92. The number of rotatable bonds is 3. The zero-order valence-electron chi connectivity index (χ0n) is 9.67. The Hall–Kier alpha value is -2.42. The van der Waals surface area contributed by atoms with Gasteiger partial charge in [0.25, 0.3) is 0 Å². The third-order valence-corrected chi connectivity index (χ3v) is 2.81. The van der Waals surface area contributed by atoms with Crippen LogP contribution < -0.4 is 4.74 Å². The lowest BCUT2D eigenvalue weighted by Gasteiger charge is -2.09. The van der Waals surface area contributed by atoms with Crippen LogP contribution >= 0.6 is 0 Å². The molecule has 90 valence electrons. The minimum absolute atomic E-state index is 0.260. The average molecular weight is 240 g/mol. The minimum atomic E-state index is 0.260. The molecule has 3 aromatic rings. The molecule has 3 nitrogen and oxygen atoms in total. The van der Waals surface area contributed by atoms with Crippen molar-refractivity contribution in [3.05, 3.63) is 60.6 Å². The minimum Gasteiger partial charge on any atom is -0.507 e. The highest BCUT2D eigenvalue weighted by atomic mass is 16.5. The van der Waals surface area contributed by atoms with E-state index in [4.69, 9.17) is 9.15 Å². The van der Waals surface area contributed by atoms with Crippen molar-refractivity contribution < 1.29 is 14.3 Å². The summed E-state index contributed by atoms with van der Waals surface area (Å²) in [4.78, 5) is 0. The maximum atomic E-state index is 9.77. The van der Waals surface area contributed by atoms with Crippen LogP contribution in [-0.2, 0) is 6.61 Å². The average Bonchev–Trinajstić information content (AvgIpc) is 2.92. The lowest BCUT2D eigenvalue weighted by molar-refractivity contribution is 0.273. The molecular weight excluding hydrogens is 228 g/mol. The molecule has 0 unspecified atom stereocenters. The number of fused-ring (bicyclic) bond motifs is 1. The van der Waals surface area contributed by atoms with E-state index in [1.165, 1.54) is 0 Å². The predicted octanol–water partition coefficient (Wildman–Crippen LogP) is 3.72. The zero-order chi connectivity index (χ0) is 12.4. The normalized spacial score (nSPS) is 10.7. The molecule has 1 N–H and O–H groups in total. The van der Waals surface area contributed by atoms with Crippen LogP contribution in [0.3, 0.4) is 0 Å². The summed E-state index contributed by atoms with van der Waals surface area (Å²) < 4.78 is 10.9. The second-order valence-electron chi connectivity index (χ2n) is 4.00. The van der Waals surface area contributed by atoms with E-state index in [2.05, 4.69) is 0 Å². The molecule has 0 aliphatic heterocycles. The number of phenolic OH excluding ortho intramolecular Hbond substituents is 1. The molecule has 0 saturated heterocycles. The van der Waals surface area contributed by atoms with Crippen molar-refractivity contribution in [2.45, 2.75) is 6.61 Å². The molecule has 3 heteroatoms. The highest BCUT2D eigenvalue weighted by Crippen LogP contribution is 2.32. The number of benzene rings is 2. The molecule has 0 saturated carbocycles. The van der Waals surface area contributed by atoms with Crippen molar-refractivity contribution in [1.29, 1.82) is 0 Å². The van der Waals surface area contributed by atoms with Gasteiger partial charge in [-0.25, -0.2) is 0 Å². The van der Waals surface area contributed by atoms with Gasteiger partial charge in [0.1, 0.15) is 23.9 Å². The first-order valence-corrected chi connectivity index (χ1v) is 5.70. The van der Waals surface area contributed by atoms with Crippen molar-refractivity contribution in [3.8, 4) is 11.5 Å². The highest BCUT2D eigenvalue weighted by molar-refractivity contribution is 5.92. The topological polar surface area (TPSA) is 42.6 Å². The monoisotopic (exact) mass is 240 g/mol. The molecule has 0 amide bonds. The highest BCUT2D eigenvalue weighted by Gasteiger charge is 2.06. The van der Waals surface area contributed by atoms with E-state index >= 15 is 0 Å². The second kappa shape index (κ2) is 4.45. The second-order valence-corrected chi connectivity index (χ2v) is 4.00. The molecule has 0 aliphatic carbocycles. The van der Waals surface area contributed by atoms with Gasteiger partial charge in [-0.05, 0) is 24.3 Å². The van der Waals surface area contributed by atoms with Gasteiger partial charge < -0.3 is 14.3 Å². The first-order valence-electron chi connectivity index (χ1n) is 5.70. The van der Waals surface area contributed by atoms with Gasteiger partial charge in [0.05, 0.1) is 6.26 Å². The summed E-state index contributed by atoms with van der Waals surface area (Å²) in [5.74, 6) is 1.77. The summed E-state index contributed by atoms with van der Waals surface area (Å²) in [6.45, 7) is 0.377. The van der Waals surface area contributed by atoms with Gasteiger partial charge >= 0.3 is 0 Å². The molecule has 0 spiro atoms. The molecule has 0 aliphatic rings. The molecule has 0 fully saturated rings. The lowest BCUT2D eigenvalue weighted by Crippen LogP contribution is -1.94. The molecule has 0 radical (unpaired) electrons. The van der Waals surface area contributed by atoms with Crippen molar-refractivity contribution in [1.82, 2.24) is 0 Å². The van der Waals surface area contributed by atoms with Gasteiger partial charge in [0, 0.05) is 10.8 Å². The van der Waals surface area contributed by atoms with Gasteiger partial charge in [-0.3, -0.25) is 0 Å². The maximum absolute atomic E-state index is 9.77. The smallest absolute Gasteiger partial charge is 0.146 e. The van der Waals surface area contributed by atoms with E-state index in [-0.39, 0.29) is 5.75 Å². The van der Waals surface area contributed by atoms with E-state index in [1.54, 1.807) is 18.4 Å². The van der Waals surface area contributed by atoms with Gasteiger partial charge in [-0.15, -0.1) is 0 Å². The molecule has 1 heterocycles. The number of hydrogen-bond acceptors (Lipinski definition) is 3. The molecule has 3 rings (SSSR count). The predicted molar refractivity (Wildman–Crippen MR) is 68.7 cm³/mol. The summed E-state index contributed by atoms with van der Waals surface area (Å²) in [6, 6.07) is 14.7. The molecule has 18 heavy (non-hydrogen) atoms. The Balaban J connectivity index is 1.94. The molecule has 2 aromatic carbocycles. The molecule has 1 aromatic heterocycles. The summed E-state index contributed by atoms with van der Waals surface area (Å²) >= 11 is 0. The van der Waals surface area contributed by atoms with E-state index in [0.717, 1.165) is 22.3 Å². The molecule has 0 bridgehead atoms. The quantitative estimate of drug-likeness (QED) is 0.758. The third kappa shape index (κ3) is 1.91. The van der Waals surface area contributed by atoms with E-state index < -0.39 is 0 Å². The standard InChI is InChI=1S/C15H12O3/c16-14-7-8-15(13-6-2-1-5-12(13)14)18-10-11-4-3-9-17-11/h1-9,16H,10H2. The largest absolute Gasteiger partial charge is 0.507 e. The van der Waals surface area contributed by atoms with Crippen LogP contribution in [-0.4, -0.2) is 5.11 Å². The summed E-state index contributed by atoms with van der Waals surface area (Å²) in [5.41, 5.74) is 0. The van der Waals surface area contributed by atoms with Crippen molar-refractivity contribution in [3.63, 3.8) is 0 Å². The fourth-order valence-electron chi connectivity index (χ4n) is 1.92. The summed E-state index contributed by atoms with van der Waals surface area (Å²) in [6.07, 6.45) is 1.62. The number of aromatic hydroxyl groups is 1. The van der Waals surface area contributed by atoms with Crippen molar-refractivity contribution in [2.24, 2.45) is 0 Å². The van der Waals surface area contributed by atoms with Crippen LogP contribution in [0.1, 0.15) is 5.76 Å². The van der Waals surface area contributed by atoms with Gasteiger partial charge in [0.2, 0.25) is 0 Å². The Kier molecular flexibility index (Phi) is 2.65. The van der Waals surface area contributed by atoms with E-state index in [9.17, 15) is 5.11 Å². The van der Waals surface area contributed by atoms with Crippen LogP contribution in [0.15, 0.2) is 59.2 Å². The summed E-state index contributed by atoms with van der Waals surface area (Å²) in [5, 5.41) is 11.5. The fraction of sp³-hybridized carbons (Fsp3) is 0.0667. The Morgan fingerprint density at radius 2 is 1.78 bits per heavy atom. The van der Waals surface area contributed by atoms with Crippen molar-refractivity contribution >= 4 is 10.8 Å². The van der Waals surface area contributed by atoms with Gasteiger partial charge in [-0.2, -0.15) is 0 Å². The number of hydrogen-bond donors (Lipinski definition) is 1. The zero-order valence-corrected chi connectivity index (χ0v) is 9.67. The summed E-state index contributed by atoms with van der Waals surface area (Å²) in [7, 11) is 0. The Bertz CT molecular complexity index is 657. The van der Waals surface area contributed by atoms with E-state index in [1.807, 2.05) is 36.4 Å². The molecule has 0 atom stereocenters. The van der Waals surface area contributed by atoms with Crippen LogP contribution in [0.25, 0.3) is 10.8 Å². The number of furan rings is 1. The maximum Gasteiger partial charge on any atom is 0.146 e. The number of ether oxygens (including phenoxy) is 1. The van der Waals surface area contributed by atoms with Crippen molar-refractivity contribution in [2.75, 3.05) is 0 Å². The van der Waals surface area contributed by atoms with Gasteiger partial charge in [-0.1, -0.05) is 24.3 Å². The lowest BCUT2D eigenvalue weighted by atomic mass is 10.1. The van der Waals surface area contributed by atoms with Gasteiger partial charge in [0.15, 0.2) is 0 Å². The Morgan fingerprint density at radius 3 is 2.56 bits per heavy atom. The first kappa shape index (κ1) is 10.7. The Morgan fingerprint density at radius 1 is 0.944 bits per heavy atom. The first-order chi connectivity index (χ1) is 8.84. The molecular formula is C15H12O3.